The lowest BCUT2D eigenvalue weighted by Gasteiger charge is -2.33. The van der Waals surface area contributed by atoms with Gasteiger partial charge in [0.2, 0.25) is 11.8 Å². The van der Waals surface area contributed by atoms with Gasteiger partial charge in [0.15, 0.2) is 0 Å². The molecule has 122 valence electrons. The molecule has 2 heterocycles. The number of hydrogen-bond donors (Lipinski definition) is 0. The lowest BCUT2D eigenvalue weighted by atomic mass is 9.83. The lowest BCUT2D eigenvalue weighted by Crippen LogP contribution is -2.37. The van der Waals surface area contributed by atoms with Crippen LogP contribution in [0.2, 0.25) is 5.02 Å². The summed E-state index contributed by atoms with van der Waals surface area (Å²) in [6.07, 6.45) is 0. The number of anilines is 2. The molecule has 0 unspecified atom stereocenters. The highest BCUT2D eigenvalue weighted by atomic mass is 79.9. The topological polar surface area (TPSA) is 40.6 Å². The zero-order valence-electron chi connectivity index (χ0n) is 12.9. The summed E-state index contributed by atoms with van der Waals surface area (Å²) < 4.78 is 0.903. The highest BCUT2D eigenvalue weighted by Crippen LogP contribution is 2.45. The largest absolute Gasteiger partial charge is 0.374 e. The van der Waals surface area contributed by atoms with Gasteiger partial charge in [0.1, 0.15) is 0 Å². The molecular weight excluding hydrogens is 392 g/mol. The first kappa shape index (κ1) is 15.7. The zero-order valence-corrected chi connectivity index (χ0v) is 15.2. The van der Waals surface area contributed by atoms with Crippen molar-refractivity contribution in [2.75, 3.05) is 23.4 Å². The van der Waals surface area contributed by atoms with Gasteiger partial charge in [0.05, 0.1) is 17.5 Å². The SMILES string of the molecule is CN1C[C@@H]2C(=O)N(c3ccc(Cl)cc3)C(=O)[C@@H]2c2cc(Br)ccc21. The standard InChI is InChI=1S/C18H14BrClN2O2/c1-21-9-14-16(13-8-10(19)2-7-15(13)21)18(24)22(17(14)23)12-5-3-11(20)4-6-12/h2-8,14,16H,9H2,1H3/t14-,16+/m0/s1. The maximum absolute atomic E-state index is 13.1. The highest BCUT2D eigenvalue weighted by Gasteiger charge is 2.52. The number of carbonyl (C=O) groups excluding carboxylic acids is 2. The molecule has 0 saturated carbocycles. The van der Waals surface area contributed by atoms with Crippen molar-refractivity contribution < 1.29 is 9.59 Å². The minimum Gasteiger partial charge on any atom is -0.374 e. The second-order valence-electron chi connectivity index (χ2n) is 6.16. The molecule has 1 saturated heterocycles. The quantitative estimate of drug-likeness (QED) is 0.677. The third-order valence-corrected chi connectivity index (χ3v) is 5.46. The third kappa shape index (κ3) is 2.26. The van der Waals surface area contributed by atoms with Crippen LogP contribution in [0.5, 0.6) is 0 Å². The number of carbonyl (C=O) groups is 2. The van der Waals surface area contributed by atoms with Gasteiger partial charge in [-0.15, -0.1) is 0 Å². The Morgan fingerprint density at radius 1 is 1.08 bits per heavy atom. The van der Waals surface area contributed by atoms with Gasteiger partial charge in [-0.3, -0.25) is 9.59 Å². The van der Waals surface area contributed by atoms with E-state index in [1.165, 1.54) is 4.90 Å². The number of benzene rings is 2. The predicted octanol–water partition coefficient (Wildman–Crippen LogP) is 3.83. The van der Waals surface area contributed by atoms with Gasteiger partial charge in [0, 0.05) is 28.8 Å². The van der Waals surface area contributed by atoms with E-state index in [1.54, 1.807) is 24.3 Å². The maximum atomic E-state index is 13.1. The molecule has 6 heteroatoms. The molecule has 0 aromatic heterocycles. The lowest BCUT2D eigenvalue weighted by molar-refractivity contribution is -0.122. The summed E-state index contributed by atoms with van der Waals surface area (Å²) in [5.41, 5.74) is 2.47. The fourth-order valence-corrected chi connectivity index (χ4v) is 4.13. The summed E-state index contributed by atoms with van der Waals surface area (Å²) in [4.78, 5) is 29.3. The average molecular weight is 406 g/mol. The Balaban J connectivity index is 1.81. The summed E-state index contributed by atoms with van der Waals surface area (Å²) in [6.45, 7) is 0.536. The van der Waals surface area contributed by atoms with E-state index in [0.29, 0.717) is 17.3 Å². The monoisotopic (exact) mass is 404 g/mol. The third-order valence-electron chi connectivity index (χ3n) is 4.72. The second kappa shape index (κ2) is 5.60. The molecule has 0 aliphatic carbocycles. The van der Waals surface area contributed by atoms with Gasteiger partial charge in [0.25, 0.3) is 0 Å². The molecule has 2 aliphatic heterocycles. The number of imide groups is 1. The molecule has 0 bridgehead atoms. The van der Waals surface area contributed by atoms with Crippen molar-refractivity contribution in [2.45, 2.75) is 5.92 Å². The molecule has 2 aliphatic rings. The average Bonchev–Trinajstić information content (AvgIpc) is 2.79. The van der Waals surface area contributed by atoms with Gasteiger partial charge >= 0.3 is 0 Å². The Morgan fingerprint density at radius 2 is 1.79 bits per heavy atom. The van der Waals surface area contributed by atoms with E-state index >= 15 is 0 Å². The molecule has 0 radical (unpaired) electrons. The first-order valence-corrected chi connectivity index (χ1v) is 8.78. The summed E-state index contributed by atoms with van der Waals surface area (Å²) in [6, 6.07) is 12.7. The molecule has 0 spiro atoms. The van der Waals surface area contributed by atoms with Crippen molar-refractivity contribution in [3.63, 3.8) is 0 Å². The Kier molecular flexibility index (Phi) is 3.66. The number of rotatable bonds is 1. The van der Waals surface area contributed by atoms with Crippen LogP contribution < -0.4 is 9.80 Å². The van der Waals surface area contributed by atoms with Crippen molar-refractivity contribution in [2.24, 2.45) is 5.92 Å². The molecular formula is C18H14BrClN2O2. The Morgan fingerprint density at radius 3 is 2.50 bits per heavy atom. The fraction of sp³-hybridized carbons (Fsp3) is 0.222. The summed E-state index contributed by atoms with van der Waals surface area (Å²) in [5, 5.41) is 0.573. The van der Waals surface area contributed by atoms with Crippen LogP contribution in [0.25, 0.3) is 0 Å². The van der Waals surface area contributed by atoms with Crippen LogP contribution in [-0.2, 0) is 9.59 Å². The normalized spacial score (nSPS) is 22.6. The molecule has 2 aromatic carbocycles. The van der Waals surface area contributed by atoms with Crippen molar-refractivity contribution >= 4 is 50.7 Å². The summed E-state index contributed by atoms with van der Waals surface area (Å²) >= 11 is 9.38. The Labute approximate surface area is 153 Å². The predicted molar refractivity (Wildman–Crippen MR) is 97.6 cm³/mol. The van der Waals surface area contributed by atoms with E-state index in [9.17, 15) is 9.59 Å². The number of halogens is 2. The van der Waals surface area contributed by atoms with Gasteiger partial charge in [-0.2, -0.15) is 0 Å². The van der Waals surface area contributed by atoms with Crippen molar-refractivity contribution in [1.29, 1.82) is 0 Å². The molecule has 1 fully saturated rings. The smallest absolute Gasteiger partial charge is 0.242 e. The van der Waals surface area contributed by atoms with E-state index in [0.717, 1.165) is 15.7 Å². The maximum Gasteiger partial charge on any atom is 0.242 e. The molecule has 4 nitrogen and oxygen atoms in total. The number of amides is 2. The van der Waals surface area contributed by atoms with Crippen LogP contribution in [0.15, 0.2) is 46.9 Å². The second-order valence-corrected chi connectivity index (χ2v) is 7.51. The van der Waals surface area contributed by atoms with Crippen LogP contribution in [0.4, 0.5) is 11.4 Å². The number of fused-ring (bicyclic) bond motifs is 3. The number of nitrogens with zero attached hydrogens (tertiary/aromatic N) is 2. The fourth-order valence-electron chi connectivity index (χ4n) is 3.62. The molecule has 2 aromatic rings. The van der Waals surface area contributed by atoms with Crippen LogP contribution in [0.3, 0.4) is 0 Å². The van der Waals surface area contributed by atoms with Crippen LogP contribution in [-0.4, -0.2) is 25.4 Å². The zero-order chi connectivity index (χ0) is 17.0. The Bertz CT molecular complexity index is 853. The highest BCUT2D eigenvalue weighted by molar-refractivity contribution is 9.10. The summed E-state index contributed by atoms with van der Waals surface area (Å²) in [7, 11) is 1.95. The molecule has 0 N–H and O–H groups in total. The molecule has 2 amide bonds. The van der Waals surface area contributed by atoms with Crippen molar-refractivity contribution in [3.05, 3.63) is 57.5 Å². The first-order chi connectivity index (χ1) is 11.5. The molecule has 24 heavy (non-hydrogen) atoms. The van der Waals surface area contributed by atoms with Gasteiger partial charge < -0.3 is 4.90 Å². The molecule has 2 atom stereocenters. The van der Waals surface area contributed by atoms with E-state index in [4.69, 9.17) is 11.6 Å². The minimum absolute atomic E-state index is 0.148. The van der Waals surface area contributed by atoms with Crippen LogP contribution >= 0.6 is 27.5 Å². The van der Waals surface area contributed by atoms with E-state index in [2.05, 4.69) is 15.9 Å². The van der Waals surface area contributed by atoms with Crippen LogP contribution in [0.1, 0.15) is 11.5 Å². The van der Waals surface area contributed by atoms with Crippen LogP contribution in [0, 0.1) is 5.92 Å². The van der Waals surface area contributed by atoms with E-state index in [1.807, 2.05) is 30.1 Å². The number of hydrogen-bond acceptors (Lipinski definition) is 3. The van der Waals surface area contributed by atoms with E-state index < -0.39 is 5.92 Å². The van der Waals surface area contributed by atoms with Gasteiger partial charge in [-0.05, 0) is 48.0 Å². The van der Waals surface area contributed by atoms with E-state index in [-0.39, 0.29) is 17.7 Å². The summed E-state index contributed by atoms with van der Waals surface area (Å²) in [5.74, 6) is -1.11. The molecule has 4 rings (SSSR count). The first-order valence-electron chi connectivity index (χ1n) is 7.61. The van der Waals surface area contributed by atoms with Crippen molar-refractivity contribution in [1.82, 2.24) is 0 Å². The van der Waals surface area contributed by atoms with Gasteiger partial charge in [-0.1, -0.05) is 27.5 Å². The Hall–Kier alpha value is -1.85. The minimum atomic E-state index is -0.433. The van der Waals surface area contributed by atoms with Gasteiger partial charge in [-0.25, -0.2) is 4.90 Å². The van der Waals surface area contributed by atoms with Crippen molar-refractivity contribution in [3.8, 4) is 0 Å².